The first kappa shape index (κ1) is 29.9. The van der Waals surface area contributed by atoms with Gasteiger partial charge in [-0.2, -0.15) is 10.2 Å². The predicted octanol–water partition coefficient (Wildman–Crippen LogP) is 6.43. The summed E-state index contributed by atoms with van der Waals surface area (Å²) in [5, 5.41) is 8.56. The largest absolute Gasteiger partial charge is 0.336 e. The van der Waals surface area contributed by atoms with Crippen LogP contribution >= 0.6 is 11.6 Å². The Bertz CT molecular complexity index is 1780. The smallest absolute Gasteiger partial charge is 0.247 e. The van der Waals surface area contributed by atoms with E-state index in [0.717, 1.165) is 39.9 Å². The molecular formula is C37H32ClN5O2. The number of nitrogens with zero attached hydrogens (tertiary/aromatic N) is 5. The van der Waals surface area contributed by atoms with Crippen LogP contribution in [0.2, 0.25) is 5.15 Å². The fourth-order valence-corrected chi connectivity index (χ4v) is 5.70. The van der Waals surface area contributed by atoms with E-state index >= 15 is 0 Å². The summed E-state index contributed by atoms with van der Waals surface area (Å²) in [6, 6.07) is 32.5. The fraction of sp³-hybridized carbons (Fsp3) is 0.162. The van der Waals surface area contributed by atoms with Gasteiger partial charge < -0.3 is 9.80 Å². The lowest BCUT2D eigenvalue weighted by Gasteiger charge is -2.37. The normalized spacial score (nSPS) is 13.3. The van der Waals surface area contributed by atoms with Gasteiger partial charge in [-0.05, 0) is 58.5 Å². The molecule has 3 heterocycles. The molecule has 1 atom stereocenters. The Morgan fingerprint density at radius 3 is 2.38 bits per heavy atom. The summed E-state index contributed by atoms with van der Waals surface area (Å²) in [5.41, 5.74) is 6.70. The van der Waals surface area contributed by atoms with Crippen molar-refractivity contribution in [2.24, 2.45) is 0 Å². The molecule has 45 heavy (non-hydrogen) atoms. The van der Waals surface area contributed by atoms with Crippen LogP contribution in [0.1, 0.15) is 27.8 Å². The van der Waals surface area contributed by atoms with Crippen molar-refractivity contribution in [2.75, 3.05) is 6.54 Å². The summed E-state index contributed by atoms with van der Waals surface area (Å²) in [5.74, 6) is -0.339. The number of carbonyl (C=O) groups excluding carboxylic acids is 2. The molecule has 0 spiro atoms. The van der Waals surface area contributed by atoms with E-state index in [-0.39, 0.29) is 18.4 Å². The molecule has 224 valence electrons. The van der Waals surface area contributed by atoms with Crippen LogP contribution in [0.3, 0.4) is 0 Å². The third-order valence-corrected chi connectivity index (χ3v) is 8.23. The third kappa shape index (κ3) is 7.51. The minimum Gasteiger partial charge on any atom is -0.336 e. The van der Waals surface area contributed by atoms with E-state index in [9.17, 15) is 9.59 Å². The molecule has 2 aromatic heterocycles. The maximum atomic E-state index is 14.5. The van der Waals surface area contributed by atoms with Crippen LogP contribution in [0, 0.1) is 0 Å². The van der Waals surface area contributed by atoms with Gasteiger partial charge in [0.2, 0.25) is 11.8 Å². The van der Waals surface area contributed by atoms with Crippen molar-refractivity contribution in [3.05, 3.63) is 155 Å². The second-order valence-corrected chi connectivity index (χ2v) is 11.4. The zero-order chi connectivity index (χ0) is 31.0. The summed E-state index contributed by atoms with van der Waals surface area (Å²) in [6.07, 6.45) is 7.63. The Labute approximate surface area is 267 Å². The third-order valence-electron chi connectivity index (χ3n) is 8.00. The van der Waals surface area contributed by atoms with Crippen LogP contribution in [0.5, 0.6) is 0 Å². The lowest BCUT2D eigenvalue weighted by Crippen LogP contribution is -2.52. The minimum atomic E-state index is -0.724. The van der Waals surface area contributed by atoms with Gasteiger partial charge in [0.1, 0.15) is 11.2 Å². The second-order valence-electron chi connectivity index (χ2n) is 11.0. The number of hydrogen-bond donors (Lipinski definition) is 0. The number of rotatable bonds is 9. The molecule has 0 aliphatic carbocycles. The van der Waals surface area contributed by atoms with Crippen LogP contribution < -0.4 is 0 Å². The topological polar surface area (TPSA) is 79.3 Å². The summed E-state index contributed by atoms with van der Waals surface area (Å²) in [4.78, 5) is 36.3. The molecule has 1 unspecified atom stereocenters. The molecule has 3 aromatic carbocycles. The van der Waals surface area contributed by atoms with Gasteiger partial charge in [-0.3, -0.25) is 9.59 Å². The Hall–Kier alpha value is -5.14. The van der Waals surface area contributed by atoms with Crippen LogP contribution in [-0.4, -0.2) is 49.4 Å². The quantitative estimate of drug-likeness (QED) is 0.141. The van der Waals surface area contributed by atoms with Crippen molar-refractivity contribution >= 4 is 29.5 Å². The SMILES string of the molecule is O=C(C(Cc1ccccc1)N(Cc1ccc(-c2cccnn2)cc1)C(=O)C=Cc1ccc(Cl)nc1)N1CCc2ccccc2C1. The lowest BCUT2D eigenvalue weighted by atomic mass is 9.97. The van der Waals surface area contributed by atoms with Crippen molar-refractivity contribution in [3.8, 4) is 11.3 Å². The molecule has 6 rings (SSSR count). The number of hydrogen-bond acceptors (Lipinski definition) is 5. The molecule has 1 aliphatic rings. The number of carbonyl (C=O) groups is 2. The Morgan fingerprint density at radius 1 is 0.867 bits per heavy atom. The van der Waals surface area contributed by atoms with Crippen molar-refractivity contribution in [1.82, 2.24) is 25.0 Å². The molecule has 0 bridgehead atoms. The zero-order valence-electron chi connectivity index (χ0n) is 24.7. The standard InChI is InChI=1S/C37H32ClN5O2/c38-35-18-14-28(24-39-35)15-19-36(44)43(25-29-12-16-31(17-13-29)33-11-6-21-40-41-33)34(23-27-7-2-1-3-8-27)37(45)42-22-20-30-9-4-5-10-32(30)26-42/h1-19,21,24,34H,20,22-23,25-26H2. The molecule has 0 N–H and O–H groups in total. The van der Waals surface area contributed by atoms with E-state index in [1.54, 1.807) is 35.5 Å². The first-order valence-corrected chi connectivity index (χ1v) is 15.3. The zero-order valence-corrected chi connectivity index (χ0v) is 25.4. The number of fused-ring (bicyclic) bond motifs is 1. The monoisotopic (exact) mass is 613 g/mol. The van der Waals surface area contributed by atoms with Gasteiger partial charge in [-0.15, -0.1) is 0 Å². The van der Waals surface area contributed by atoms with Crippen molar-refractivity contribution in [3.63, 3.8) is 0 Å². The van der Waals surface area contributed by atoms with E-state index in [4.69, 9.17) is 11.6 Å². The molecule has 0 fully saturated rings. The Balaban J connectivity index is 1.34. The summed E-state index contributed by atoms with van der Waals surface area (Å²) < 4.78 is 0. The van der Waals surface area contributed by atoms with E-state index < -0.39 is 6.04 Å². The maximum Gasteiger partial charge on any atom is 0.247 e. The van der Waals surface area contributed by atoms with Crippen LogP contribution in [-0.2, 0) is 35.5 Å². The van der Waals surface area contributed by atoms with E-state index in [2.05, 4.69) is 27.3 Å². The van der Waals surface area contributed by atoms with Gasteiger partial charge in [0, 0.05) is 50.1 Å². The summed E-state index contributed by atoms with van der Waals surface area (Å²) in [7, 11) is 0. The highest BCUT2D eigenvalue weighted by Crippen LogP contribution is 2.24. The average molecular weight is 614 g/mol. The number of pyridine rings is 1. The Morgan fingerprint density at radius 2 is 1.64 bits per heavy atom. The van der Waals surface area contributed by atoms with Crippen LogP contribution in [0.25, 0.3) is 17.3 Å². The van der Waals surface area contributed by atoms with Crippen molar-refractivity contribution < 1.29 is 9.59 Å². The molecule has 0 saturated carbocycles. The molecule has 1 aliphatic heterocycles. The molecule has 5 aromatic rings. The van der Waals surface area contributed by atoms with E-state index in [1.807, 2.05) is 83.8 Å². The van der Waals surface area contributed by atoms with Crippen LogP contribution in [0.15, 0.2) is 122 Å². The fourth-order valence-electron chi connectivity index (χ4n) is 5.59. The van der Waals surface area contributed by atoms with Gasteiger partial charge in [-0.25, -0.2) is 4.98 Å². The highest BCUT2D eigenvalue weighted by atomic mass is 35.5. The number of halogens is 1. The van der Waals surface area contributed by atoms with E-state index in [0.29, 0.717) is 24.7 Å². The predicted molar refractivity (Wildman–Crippen MR) is 176 cm³/mol. The number of aromatic nitrogens is 3. The highest BCUT2D eigenvalue weighted by Gasteiger charge is 2.34. The number of amides is 2. The van der Waals surface area contributed by atoms with Gasteiger partial charge in [0.15, 0.2) is 0 Å². The molecule has 7 nitrogen and oxygen atoms in total. The highest BCUT2D eigenvalue weighted by molar-refractivity contribution is 6.29. The lowest BCUT2D eigenvalue weighted by molar-refractivity contribution is -0.144. The van der Waals surface area contributed by atoms with Gasteiger partial charge in [0.25, 0.3) is 0 Å². The maximum absolute atomic E-state index is 14.5. The number of benzene rings is 3. The summed E-state index contributed by atoms with van der Waals surface area (Å²) in [6.45, 7) is 1.36. The summed E-state index contributed by atoms with van der Waals surface area (Å²) >= 11 is 5.96. The first-order chi connectivity index (χ1) is 22.0. The average Bonchev–Trinajstić information content (AvgIpc) is 3.10. The minimum absolute atomic E-state index is 0.0700. The molecule has 0 radical (unpaired) electrons. The van der Waals surface area contributed by atoms with Crippen LogP contribution in [0.4, 0.5) is 0 Å². The van der Waals surface area contributed by atoms with Gasteiger partial charge in [-0.1, -0.05) is 96.5 Å². The first-order valence-electron chi connectivity index (χ1n) is 14.9. The Kier molecular flexibility index (Phi) is 9.37. The van der Waals surface area contributed by atoms with Crippen molar-refractivity contribution in [1.29, 1.82) is 0 Å². The molecule has 0 saturated heterocycles. The van der Waals surface area contributed by atoms with E-state index in [1.165, 1.54) is 11.6 Å². The molecule has 8 heteroatoms. The van der Waals surface area contributed by atoms with Gasteiger partial charge >= 0.3 is 0 Å². The molecular weight excluding hydrogens is 582 g/mol. The van der Waals surface area contributed by atoms with Gasteiger partial charge in [0.05, 0.1) is 5.69 Å². The van der Waals surface area contributed by atoms with Crippen molar-refractivity contribution in [2.45, 2.75) is 32.0 Å². The molecule has 2 amide bonds. The second kappa shape index (κ2) is 14.1.